The quantitative estimate of drug-likeness (QED) is 0.872. The standard InChI is InChI=1S/C23H28N2O3/c26-20(19-10-23(11-19)14-28-21(27)24-23)25-12-22(13-25)8-18(9-22)17-6-2-5-16(7-17)15-3-1-4-15/h2,5-7,15,18-19H,1,3-4,8-14H2,(H,24,27). The molecule has 1 aromatic carbocycles. The summed E-state index contributed by atoms with van der Waals surface area (Å²) in [7, 11) is 0. The monoisotopic (exact) mass is 380 g/mol. The van der Waals surface area contributed by atoms with Gasteiger partial charge < -0.3 is 15.0 Å². The number of hydrogen-bond acceptors (Lipinski definition) is 3. The highest BCUT2D eigenvalue weighted by atomic mass is 16.6. The summed E-state index contributed by atoms with van der Waals surface area (Å²) in [5.41, 5.74) is 3.17. The Kier molecular flexibility index (Phi) is 3.46. The van der Waals surface area contributed by atoms with Crippen LogP contribution in [0.1, 0.15) is 67.9 Å². The van der Waals surface area contributed by atoms with Gasteiger partial charge in [-0.15, -0.1) is 0 Å². The minimum absolute atomic E-state index is 0.0642. The van der Waals surface area contributed by atoms with E-state index in [0.717, 1.165) is 31.8 Å². The first-order valence-electron chi connectivity index (χ1n) is 10.9. The fourth-order valence-electron chi connectivity index (χ4n) is 6.24. The molecular formula is C23H28N2O3. The van der Waals surface area contributed by atoms with E-state index in [0.29, 0.717) is 17.9 Å². The lowest BCUT2D eigenvalue weighted by molar-refractivity contribution is -0.161. The van der Waals surface area contributed by atoms with E-state index in [1.54, 1.807) is 0 Å². The molecule has 2 amide bonds. The molecule has 0 aromatic heterocycles. The summed E-state index contributed by atoms with van der Waals surface area (Å²) < 4.78 is 5.01. The fourth-order valence-corrected chi connectivity index (χ4v) is 6.24. The van der Waals surface area contributed by atoms with E-state index in [1.165, 1.54) is 43.2 Å². The number of amides is 2. The topological polar surface area (TPSA) is 58.6 Å². The van der Waals surface area contributed by atoms with Crippen molar-refractivity contribution in [1.29, 1.82) is 0 Å². The van der Waals surface area contributed by atoms with Crippen LogP contribution in [0.4, 0.5) is 4.79 Å². The summed E-state index contributed by atoms with van der Waals surface area (Å²) >= 11 is 0. The smallest absolute Gasteiger partial charge is 0.407 e. The molecule has 5 heteroatoms. The molecule has 0 unspecified atom stereocenters. The summed E-state index contributed by atoms with van der Waals surface area (Å²) in [6, 6.07) is 9.29. The average Bonchev–Trinajstić information content (AvgIpc) is 2.92. The summed E-state index contributed by atoms with van der Waals surface area (Å²) in [5.74, 6) is 1.82. The highest BCUT2D eigenvalue weighted by Crippen LogP contribution is 2.57. The van der Waals surface area contributed by atoms with Gasteiger partial charge in [-0.3, -0.25) is 4.79 Å². The number of cyclic esters (lactones) is 1. The summed E-state index contributed by atoms with van der Waals surface area (Å²) in [6.07, 6.45) is 7.67. The van der Waals surface area contributed by atoms with Gasteiger partial charge in [0.25, 0.3) is 0 Å². The molecule has 2 spiro atoms. The molecule has 3 saturated carbocycles. The second-order valence-corrected chi connectivity index (χ2v) is 10.2. The van der Waals surface area contributed by atoms with Crippen LogP contribution in [0.15, 0.2) is 24.3 Å². The Hall–Kier alpha value is -2.04. The second kappa shape index (κ2) is 5.74. The predicted octanol–water partition coefficient (Wildman–Crippen LogP) is 3.55. The molecule has 2 aliphatic heterocycles. The second-order valence-electron chi connectivity index (χ2n) is 10.2. The first kappa shape index (κ1) is 16.9. The molecule has 0 radical (unpaired) electrons. The van der Waals surface area contributed by atoms with Crippen LogP contribution in [-0.4, -0.2) is 42.1 Å². The van der Waals surface area contributed by atoms with Gasteiger partial charge in [0.2, 0.25) is 5.91 Å². The number of nitrogens with one attached hydrogen (secondary N) is 1. The van der Waals surface area contributed by atoms with Gasteiger partial charge in [0.15, 0.2) is 0 Å². The maximum absolute atomic E-state index is 12.7. The lowest BCUT2D eigenvalue weighted by Crippen LogP contribution is -2.66. The minimum Gasteiger partial charge on any atom is -0.447 e. The molecule has 1 aromatic rings. The van der Waals surface area contributed by atoms with Gasteiger partial charge in [-0.25, -0.2) is 4.79 Å². The molecule has 1 N–H and O–H groups in total. The molecule has 3 aliphatic carbocycles. The van der Waals surface area contributed by atoms with Crippen LogP contribution >= 0.6 is 0 Å². The lowest BCUT2D eigenvalue weighted by atomic mass is 9.55. The van der Waals surface area contributed by atoms with Crippen LogP contribution in [0.25, 0.3) is 0 Å². The summed E-state index contributed by atoms with van der Waals surface area (Å²) in [4.78, 5) is 26.1. The number of nitrogens with zero attached hydrogens (tertiary/aromatic N) is 1. The Morgan fingerprint density at radius 2 is 1.79 bits per heavy atom. The van der Waals surface area contributed by atoms with Crippen molar-refractivity contribution in [3.05, 3.63) is 35.4 Å². The molecule has 6 rings (SSSR count). The van der Waals surface area contributed by atoms with Gasteiger partial charge in [-0.2, -0.15) is 0 Å². The number of ether oxygens (including phenoxy) is 1. The largest absolute Gasteiger partial charge is 0.447 e. The number of hydrogen-bond donors (Lipinski definition) is 1. The Balaban J connectivity index is 1.01. The van der Waals surface area contributed by atoms with Crippen molar-refractivity contribution in [2.75, 3.05) is 19.7 Å². The van der Waals surface area contributed by atoms with Crippen LogP contribution in [0.5, 0.6) is 0 Å². The molecule has 5 nitrogen and oxygen atoms in total. The van der Waals surface area contributed by atoms with Gasteiger partial charge in [0.1, 0.15) is 6.61 Å². The number of rotatable bonds is 3. The Bertz CT molecular complexity index is 826. The van der Waals surface area contributed by atoms with Crippen LogP contribution in [0.3, 0.4) is 0 Å². The minimum atomic E-state index is -0.337. The van der Waals surface area contributed by atoms with E-state index in [1.807, 2.05) is 0 Å². The third-order valence-electron chi connectivity index (χ3n) is 8.15. The molecule has 28 heavy (non-hydrogen) atoms. The van der Waals surface area contributed by atoms with E-state index in [4.69, 9.17) is 4.74 Å². The van der Waals surface area contributed by atoms with E-state index < -0.39 is 0 Å². The Labute approximate surface area is 165 Å². The van der Waals surface area contributed by atoms with Gasteiger partial charge in [-0.1, -0.05) is 30.7 Å². The Morgan fingerprint density at radius 3 is 2.39 bits per heavy atom. The number of carbonyl (C=O) groups is 2. The average molecular weight is 380 g/mol. The first-order chi connectivity index (χ1) is 13.5. The van der Waals surface area contributed by atoms with Gasteiger partial charge in [0, 0.05) is 24.4 Å². The van der Waals surface area contributed by atoms with Crippen molar-refractivity contribution in [1.82, 2.24) is 10.2 Å². The number of carbonyl (C=O) groups excluding carboxylic acids is 2. The maximum Gasteiger partial charge on any atom is 0.407 e. The maximum atomic E-state index is 12.7. The summed E-state index contributed by atoms with van der Waals surface area (Å²) in [5, 5.41) is 2.88. The normalized spacial score (nSPS) is 28.1. The van der Waals surface area contributed by atoms with Gasteiger partial charge >= 0.3 is 6.09 Å². The molecule has 0 atom stereocenters. The fraction of sp³-hybridized carbons (Fsp3) is 0.652. The Morgan fingerprint density at radius 1 is 1.07 bits per heavy atom. The molecule has 2 heterocycles. The highest BCUT2D eigenvalue weighted by molar-refractivity contribution is 5.82. The summed E-state index contributed by atoms with van der Waals surface area (Å²) in [6.45, 7) is 2.27. The first-order valence-corrected chi connectivity index (χ1v) is 10.9. The van der Waals surface area contributed by atoms with Crippen molar-refractivity contribution in [3.8, 4) is 0 Å². The zero-order valence-corrected chi connectivity index (χ0v) is 16.3. The zero-order chi connectivity index (χ0) is 18.9. The number of alkyl carbamates (subject to hydrolysis) is 1. The number of benzene rings is 1. The van der Waals surface area contributed by atoms with E-state index in [2.05, 4.69) is 34.5 Å². The molecule has 5 aliphatic rings. The predicted molar refractivity (Wildman–Crippen MR) is 104 cm³/mol. The van der Waals surface area contributed by atoms with Gasteiger partial charge in [0.05, 0.1) is 5.54 Å². The van der Waals surface area contributed by atoms with Crippen molar-refractivity contribution in [2.24, 2.45) is 11.3 Å². The van der Waals surface area contributed by atoms with Crippen LogP contribution in [0.2, 0.25) is 0 Å². The van der Waals surface area contributed by atoms with Crippen molar-refractivity contribution >= 4 is 12.0 Å². The molecule has 0 bridgehead atoms. The molecular weight excluding hydrogens is 352 g/mol. The third kappa shape index (κ3) is 2.51. The van der Waals surface area contributed by atoms with Crippen LogP contribution < -0.4 is 5.32 Å². The van der Waals surface area contributed by atoms with E-state index >= 15 is 0 Å². The SMILES string of the molecule is O=C1NC2(CO1)CC(C(=O)N1CC3(CC(c4cccc(C5CCC5)c4)C3)C1)C2. The molecule has 5 fully saturated rings. The van der Waals surface area contributed by atoms with E-state index in [-0.39, 0.29) is 23.5 Å². The zero-order valence-electron chi connectivity index (χ0n) is 16.3. The highest BCUT2D eigenvalue weighted by Gasteiger charge is 2.58. The molecule has 148 valence electrons. The van der Waals surface area contributed by atoms with Crippen molar-refractivity contribution < 1.29 is 14.3 Å². The lowest BCUT2D eigenvalue weighted by Gasteiger charge is -2.60. The molecule has 2 saturated heterocycles. The van der Waals surface area contributed by atoms with Crippen molar-refractivity contribution in [2.45, 2.75) is 62.3 Å². The third-order valence-corrected chi connectivity index (χ3v) is 8.15. The van der Waals surface area contributed by atoms with Gasteiger partial charge in [-0.05, 0) is 61.5 Å². The number of likely N-dealkylation sites (tertiary alicyclic amines) is 1. The van der Waals surface area contributed by atoms with Crippen LogP contribution in [0, 0.1) is 11.3 Å². The van der Waals surface area contributed by atoms with Crippen LogP contribution in [-0.2, 0) is 9.53 Å². The van der Waals surface area contributed by atoms with E-state index in [9.17, 15) is 9.59 Å². The van der Waals surface area contributed by atoms with Crippen molar-refractivity contribution in [3.63, 3.8) is 0 Å².